The van der Waals surface area contributed by atoms with Crippen molar-refractivity contribution in [3.63, 3.8) is 0 Å². The second-order valence-corrected chi connectivity index (χ2v) is 44.2. The molecular formula is C38H44Cl2SiZr. The first-order valence-corrected chi connectivity index (χ1v) is 28.4. The van der Waals surface area contributed by atoms with E-state index in [9.17, 15) is 0 Å². The van der Waals surface area contributed by atoms with Crippen molar-refractivity contribution >= 4 is 43.8 Å². The molecule has 0 saturated carbocycles. The Morgan fingerprint density at radius 1 is 0.500 bits per heavy atom. The molecule has 2 aliphatic carbocycles. The Balaban J connectivity index is 0.00000202. The summed E-state index contributed by atoms with van der Waals surface area (Å²) in [5.41, 5.74) is 20.2. The van der Waals surface area contributed by atoms with Crippen LogP contribution in [0.25, 0.3) is 34.4 Å². The van der Waals surface area contributed by atoms with E-state index in [-0.39, 0.29) is 24.8 Å². The van der Waals surface area contributed by atoms with E-state index in [1.807, 2.05) is 0 Å². The minimum Gasteiger partial charge on any atom is -0.147 e. The van der Waals surface area contributed by atoms with Crippen molar-refractivity contribution in [2.45, 2.75) is 58.1 Å². The smallest absolute Gasteiger partial charge is 0.147 e. The molecule has 0 saturated heterocycles. The maximum atomic E-state index is 2.74. The molecule has 0 radical (unpaired) electrons. The molecule has 0 aromatic heterocycles. The molecule has 0 heterocycles. The maximum Gasteiger partial charge on any atom is -0.147 e. The van der Waals surface area contributed by atoms with Crippen molar-refractivity contribution in [2.75, 3.05) is 0 Å². The number of benzene rings is 4. The molecule has 0 amide bonds. The van der Waals surface area contributed by atoms with Gasteiger partial charge in [-0.05, 0) is 0 Å². The number of hydrogen-bond acceptors (Lipinski definition) is 0. The van der Waals surface area contributed by atoms with Gasteiger partial charge in [0.25, 0.3) is 0 Å². The molecule has 4 aromatic rings. The Labute approximate surface area is 268 Å². The van der Waals surface area contributed by atoms with Gasteiger partial charge >= 0.3 is 245 Å². The Kier molecular flexibility index (Phi) is 9.03. The molecule has 0 fully saturated rings. The second-order valence-electron chi connectivity index (χ2n) is 13.7. The summed E-state index contributed by atoms with van der Waals surface area (Å²) in [4.78, 5) is 0. The summed E-state index contributed by atoms with van der Waals surface area (Å²) in [5, 5.41) is 0. The van der Waals surface area contributed by atoms with E-state index >= 15 is 0 Å². The van der Waals surface area contributed by atoms with Gasteiger partial charge in [-0.2, -0.15) is 0 Å². The minimum absolute atomic E-state index is 0. The summed E-state index contributed by atoms with van der Waals surface area (Å²) >= 11 is -3.55. The van der Waals surface area contributed by atoms with E-state index in [4.69, 9.17) is 0 Å². The molecule has 4 heteroatoms. The minimum atomic E-state index is -3.55. The summed E-state index contributed by atoms with van der Waals surface area (Å²) < 4.78 is 6.54. The standard InChI is InChI=1S/2C18H17.2CH3.2ClH.H2Si.Zr/c2*1-12-10-15-7-5-9-17(18(15)11-12)16-8-4-6-13(2)14(16)3;;;;;;/h2*4-11H,1-3H3;2*1H3;2*1H;1H2;. The predicted octanol–water partition coefficient (Wildman–Crippen LogP) is 11.0. The van der Waals surface area contributed by atoms with E-state index < -0.39 is 17.4 Å². The molecule has 0 N–H and O–H groups in total. The Hall–Kier alpha value is -1.96. The van der Waals surface area contributed by atoms with Gasteiger partial charge in [0, 0.05) is 0 Å². The van der Waals surface area contributed by atoms with Gasteiger partial charge in [-0.15, -0.1) is 24.8 Å². The van der Waals surface area contributed by atoms with Gasteiger partial charge in [-0.1, -0.05) is 0 Å². The largest absolute Gasteiger partial charge is 0.147 e. The number of halogens is 2. The molecule has 2 atom stereocenters. The first kappa shape index (κ1) is 32.9. The number of rotatable bonds is 4. The summed E-state index contributed by atoms with van der Waals surface area (Å²) in [6.07, 6.45) is 5.07. The van der Waals surface area contributed by atoms with Gasteiger partial charge in [-0.3, -0.25) is 0 Å². The summed E-state index contributed by atoms with van der Waals surface area (Å²) in [6, 6.07) is 27.7. The van der Waals surface area contributed by atoms with Crippen LogP contribution in [0.1, 0.15) is 65.6 Å². The molecule has 0 spiro atoms. The molecule has 0 aliphatic heterocycles. The van der Waals surface area contributed by atoms with E-state index in [0.717, 1.165) is 0 Å². The molecular weight excluding hydrogens is 647 g/mol. The third kappa shape index (κ3) is 5.01. The maximum absolute atomic E-state index is 3.55. The Morgan fingerprint density at radius 2 is 0.833 bits per heavy atom. The van der Waals surface area contributed by atoms with Gasteiger partial charge in [0.15, 0.2) is 0 Å². The number of hydrogen-bond donors (Lipinski definition) is 0. The van der Waals surface area contributed by atoms with Crippen LogP contribution in [-0.4, -0.2) is 6.88 Å². The van der Waals surface area contributed by atoms with Crippen LogP contribution >= 0.6 is 24.8 Å². The SMILES string of the molecule is CC1=Cc2c(-c3cccc(C)c3C)cccc2[CH]1[Zr]([CH3])([CH3])(=[SiH2])[CH]1C(C)=Cc2c(-c3cccc(C)c3C)cccc21.Cl.Cl. The van der Waals surface area contributed by atoms with Crippen molar-refractivity contribution in [3.8, 4) is 22.3 Å². The average Bonchev–Trinajstić information content (AvgIpc) is 3.44. The van der Waals surface area contributed by atoms with E-state index in [1.54, 1.807) is 22.3 Å². The molecule has 2 aliphatic rings. The zero-order valence-corrected chi connectivity index (χ0v) is 31.8. The van der Waals surface area contributed by atoms with Crippen LogP contribution in [0.2, 0.25) is 9.26 Å². The van der Waals surface area contributed by atoms with Crippen molar-refractivity contribution in [2.24, 2.45) is 0 Å². The molecule has 0 nitrogen and oxygen atoms in total. The first-order chi connectivity index (χ1) is 18.9. The Bertz CT molecular complexity index is 1720. The van der Waals surface area contributed by atoms with E-state index in [1.165, 1.54) is 55.6 Å². The number of allylic oxidation sites excluding steroid dienone is 2. The summed E-state index contributed by atoms with van der Waals surface area (Å²) in [6.45, 7) is 16.3. The van der Waals surface area contributed by atoms with Crippen LogP contribution in [-0.2, 0) is 17.4 Å². The van der Waals surface area contributed by atoms with Crippen LogP contribution in [0, 0.1) is 27.7 Å². The molecule has 4 aromatic carbocycles. The molecule has 2 unspecified atom stereocenters. The fraction of sp³-hybridized carbons (Fsp3) is 0.263. The van der Waals surface area contributed by atoms with Gasteiger partial charge in [0.2, 0.25) is 0 Å². The zero-order valence-electron chi connectivity index (χ0n) is 26.3. The normalized spacial score (nSPS) is 17.5. The molecule has 0 bridgehead atoms. The molecule has 42 heavy (non-hydrogen) atoms. The summed E-state index contributed by atoms with van der Waals surface area (Å²) in [7, 11) is 0. The van der Waals surface area contributed by atoms with E-state index in [2.05, 4.69) is 143 Å². The van der Waals surface area contributed by atoms with Crippen LogP contribution in [0.3, 0.4) is 0 Å². The van der Waals surface area contributed by atoms with Crippen LogP contribution in [0.15, 0.2) is 83.9 Å². The predicted molar refractivity (Wildman–Crippen MR) is 190 cm³/mol. The van der Waals surface area contributed by atoms with Gasteiger partial charge < -0.3 is 0 Å². The van der Waals surface area contributed by atoms with Crippen LogP contribution < -0.4 is 0 Å². The topological polar surface area (TPSA) is 0 Å². The van der Waals surface area contributed by atoms with Crippen LogP contribution in [0.5, 0.6) is 0 Å². The first-order valence-electron chi connectivity index (χ1n) is 14.7. The van der Waals surface area contributed by atoms with Gasteiger partial charge in [-0.25, -0.2) is 0 Å². The van der Waals surface area contributed by atoms with Crippen LogP contribution in [0.4, 0.5) is 0 Å². The zero-order chi connectivity index (χ0) is 28.6. The quantitative estimate of drug-likeness (QED) is 0.187. The van der Waals surface area contributed by atoms with Crippen molar-refractivity contribution in [1.29, 1.82) is 0 Å². The second kappa shape index (κ2) is 11.5. The Morgan fingerprint density at radius 3 is 1.21 bits per heavy atom. The fourth-order valence-electron chi connectivity index (χ4n) is 8.34. The monoisotopic (exact) mass is 688 g/mol. The average molecular weight is 691 g/mol. The van der Waals surface area contributed by atoms with Crippen molar-refractivity contribution < 1.29 is 17.4 Å². The number of aryl methyl sites for hydroxylation is 2. The molecule has 218 valence electrons. The fourth-order valence-corrected chi connectivity index (χ4v) is 29.6. The van der Waals surface area contributed by atoms with E-state index in [0.29, 0.717) is 7.25 Å². The summed E-state index contributed by atoms with van der Waals surface area (Å²) in [5.74, 6) is 0. The number of fused-ring (bicyclic) bond motifs is 2. The van der Waals surface area contributed by atoms with Gasteiger partial charge in [0.05, 0.1) is 0 Å². The molecule has 6 rings (SSSR count). The third-order valence-corrected chi connectivity index (χ3v) is 28.2. The van der Waals surface area contributed by atoms with Gasteiger partial charge in [0.1, 0.15) is 0 Å². The van der Waals surface area contributed by atoms with Crippen molar-refractivity contribution in [1.82, 2.24) is 0 Å². The third-order valence-electron chi connectivity index (χ3n) is 10.2. The van der Waals surface area contributed by atoms with Crippen molar-refractivity contribution in [3.05, 3.63) is 128 Å².